The molecule has 0 spiro atoms. The molecule has 0 radical (unpaired) electrons. The van der Waals surface area contributed by atoms with Crippen LogP contribution in [-0.4, -0.2) is 6.21 Å². The van der Waals surface area contributed by atoms with Crippen LogP contribution in [0.2, 0.25) is 0 Å². The molecular weight excluding hydrogens is 141 g/mol. The number of hydrogen-bond donors (Lipinski definition) is 0. The number of nitrogens with zero attached hydrogens (tertiary/aromatic N) is 1. The Kier molecular flexibility index (Phi) is 3.97. The average Bonchev–Trinajstić information content (AvgIpc) is 1.83. The summed E-state index contributed by atoms with van der Waals surface area (Å²) in [6.07, 6.45) is 2.52. The van der Waals surface area contributed by atoms with E-state index in [0.29, 0.717) is 0 Å². The summed E-state index contributed by atoms with van der Waals surface area (Å²) in [5.41, 5.74) is 0. The molecule has 0 amide bonds. The highest BCUT2D eigenvalue weighted by Gasteiger charge is 1.82. The highest BCUT2D eigenvalue weighted by atomic mass is 35.5. The molecule has 0 aliphatic carbocycles. The van der Waals surface area contributed by atoms with Gasteiger partial charge in [0, 0.05) is 0 Å². The van der Waals surface area contributed by atoms with Crippen LogP contribution in [0.25, 0.3) is 0 Å². The summed E-state index contributed by atoms with van der Waals surface area (Å²) in [6.45, 7) is 4.67. The van der Waals surface area contributed by atoms with Crippen molar-refractivity contribution < 1.29 is 4.39 Å². The van der Waals surface area contributed by atoms with Gasteiger partial charge < -0.3 is 0 Å². The van der Waals surface area contributed by atoms with Crippen molar-refractivity contribution in [2.45, 2.75) is 6.92 Å². The van der Waals surface area contributed by atoms with E-state index in [1.54, 1.807) is 13.0 Å². The molecule has 0 aliphatic heterocycles. The van der Waals surface area contributed by atoms with Gasteiger partial charge in [0.15, 0.2) is 0 Å². The number of allylic oxidation sites excluding steroid dienone is 2. The minimum Gasteiger partial charge on any atom is -0.242 e. The molecule has 0 fully saturated rings. The van der Waals surface area contributed by atoms with Crippen LogP contribution >= 0.6 is 11.6 Å². The van der Waals surface area contributed by atoms with E-state index in [9.17, 15) is 4.39 Å². The van der Waals surface area contributed by atoms with Crippen LogP contribution in [0.15, 0.2) is 28.6 Å². The van der Waals surface area contributed by atoms with Gasteiger partial charge in [-0.15, -0.1) is 0 Å². The highest BCUT2D eigenvalue weighted by molar-refractivity contribution is 6.29. The molecule has 0 saturated heterocycles. The molecule has 0 bridgehead atoms. The molecule has 0 rings (SSSR count). The van der Waals surface area contributed by atoms with Crippen molar-refractivity contribution in [3.63, 3.8) is 0 Å². The second-order valence-electron chi connectivity index (χ2n) is 1.32. The first kappa shape index (κ1) is 8.37. The summed E-state index contributed by atoms with van der Waals surface area (Å²) in [4.78, 5) is 3.47. The van der Waals surface area contributed by atoms with E-state index in [1.807, 2.05) is 0 Å². The first-order valence-corrected chi connectivity index (χ1v) is 2.75. The Bertz CT molecular complexity index is 160. The SMILES string of the molecule is C=C(F)/C=N\C(Cl)=C/C. The number of hydrogen-bond acceptors (Lipinski definition) is 1. The zero-order valence-electron chi connectivity index (χ0n) is 5.06. The molecule has 1 nitrogen and oxygen atoms in total. The standard InChI is InChI=1S/C6H7ClFN/c1-3-6(7)9-4-5(2)8/h3-4H,2H2,1H3/b6-3-,9-4-. The molecule has 0 N–H and O–H groups in total. The third-order valence-corrected chi connectivity index (χ3v) is 0.882. The quantitative estimate of drug-likeness (QED) is 0.421. The molecule has 0 aromatic heterocycles. The maximum atomic E-state index is 11.8. The fraction of sp³-hybridized carbons (Fsp3) is 0.167. The van der Waals surface area contributed by atoms with E-state index in [-0.39, 0.29) is 5.16 Å². The van der Waals surface area contributed by atoms with Gasteiger partial charge in [0.2, 0.25) is 0 Å². The molecule has 0 unspecified atom stereocenters. The Hall–Kier alpha value is -0.630. The Morgan fingerprint density at radius 3 is 2.67 bits per heavy atom. The lowest BCUT2D eigenvalue weighted by molar-refractivity contribution is 0.690. The fourth-order valence-corrected chi connectivity index (χ4v) is 0.255. The van der Waals surface area contributed by atoms with Gasteiger partial charge in [-0.05, 0) is 6.92 Å². The first-order valence-electron chi connectivity index (χ1n) is 2.37. The second-order valence-corrected chi connectivity index (χ2v) is 1.70. The predicted octanol–water partition coefficient (Wildman–Crippen LogP) is 2.64. The Labute approximate surface area is 58.5 Å². The lowest BCUT2D eigenvalue weighted by atomic mass is 10.6. The van der Waals surface area contributed by atoms with E-state index in [2.05, 4.69) is 11.6 Å². The Balaban J connectivity index is 3.86. The van der Waals surface area contributed by atoms with Crippen molar-refractivity contribution in [1.82, 2.24) is 0 Å². The molecule has 0 saturated carbocycles. The van der Waals surface area contributed by atoms with Crippen LogP contribution in [0.1, 0.15) is 6.92 Å². The summed E-state index contributed by atoms with van der Waals surface area (Å²) in [7, 11) is 0. The van der Waals surface area contributed by atoms with Gasteiger partial charge in [-0.25, -0.2) is 9.38 Å². The van der Waals surface area contributed by atoms with Crippen LogP contribution in [0.3, 0.4) is 0 Å². The third-order valence-electron chi connectivity index (χ3n) is 0.566. The summed E-state index contributed by atoms with van der Waals surface area (Å²) >= 11 is 5.36. The zero-order chi connectivity index (χ0) is 7.28. The minimum absolute atomic E-state index is 0.258. The van der Waals surface area contributed by atoms with E-state index >= 15 is 0 Å². The maximum absolute atomic E-state index is 11.8. The summed E-state index contributed by atoms with van der Waals surface area (Å²) < 4.78 is 11.8. The second kappa shape index (κ2) is 4.27. The molecule has 50 valence electrons. The Morgan fingerprint density at radius 2 is 2.33 bits per heavy atom. The third kappa shape index (κ3) is 5.24. The van der Waals surface area contributed by atoms with Crippen LogP contribution < -0.4 is 0 Å². The monoisotopic (exact) mass is 147 g/mol. The smallest absolute Gasteiger partial charge is 0.134 e. The number of halogens is 2. The van der Waals surface area contributed by atoms with Gasteiger partial charge in [0.25, 0.3) is 0 Å². The minimum atomic E-state index is -0.602. The molecule has 0 heterocycles. The lowest BCUT2D eigenvalue weighted by Crippen LogP contribution is -1.70. The van der Waals surface area contributed by atoms with Gasteiger partial charge >= 0.3 is 0 Å². The van der Waals surface area contributed by atoms with Crippen molar-refractivity contribution in [3.05, 3.63) is 23.6 Å². The van der Waals surface area contributed by atoms with E-state index in [1.165, 1.54) is 0 Å². The van der Waals surface area contributed by atoms with Crippen LogP contribution in [0.4, 0.5) is 4.39 Å². The molecule has 0 aromatic carbocycles. The summed E-state index contributed by atoms with van der Waals surface area (Å²) in [5.74, 6) is -0.602. The average molecular weight is 148 g/mol. The molecule has 0 aromatic rings. The Morgan fingerprint density at radius 1 is 1.78 bits per heavy atom. The van der Waals surface area contributed by atoms with Crippen molar-refractivity contribution in [2.75, 3.05) is 0 Å². The summed E-state index contributed by atoms with van der Waals surface area (Å²) in [5, 5.41) is 0.258. The van der Waals surface area contributed by atoms with Gasteiger partial charge in [-0.1, -0.05) is 24.3 Å². The van der Waals surface area contributed by atoms with E-state index in [4.69, 9.17) is 11.6 Å². The summed E-state index contributed by atoms with van der Waals surface area (Å²) in [6, 6.07) is 0. The zero-order valence-corrected chi connectivity index (χ0v) is 5.82. The highest BCUT2D eigenvalue weighted by Crippen LogP contribution is 2.01. The topological polar surface area (TPSA) is 12.4 Å². The molecule has 3 heteroatoms. The molecule has 0 aliphatic rings. The van der Waals surface area contributed by atoms with Crippen molar-refractivity contribution in [1.29, 1.82) is 0 Å². The van der Waals surface area contributed by atoms with Gasteiger partial charge in [-0.3, -0.25) is 0 Å². The van der Waals surface area contributed by atoms with Gasteiger partial charge in [0.05, 0.1) is 6.21 Å². The van der Waals surface area contributed by atoms with Crippen molar-refractivity contribution in [2.24, 2.45) is 4.99 Å². The van der Waals surface area contributed by atoms with Crippen molar-refractivity contribution >= 4 is 17.8 Å². The first-order chi connectivity index (χ1) is 4.16. The number of rotatable bonds is 2. The van der Waals surface area contributed by atoms with Crippen LogP contribution in [-0.2, 0) is 0 Å². The van der Waals surface area contributed by atoms with E-state index < -0.39 is 5.83 Å². The lowest BCUT2D eigenvalue weighted by Gasteiger charge is -1.82. The van der Waals surface area contributed by atoms with Gasteiger partial charge in [-0.2, -0.15) is 0 Å². The van der Waals surface area contributed by atoms with Crippen molar-refractivity contribution in [3.8, 4) is 0 Å². The van der Waals surface area contributed by atoms with Crippen LogP contribution in [0.5, 0.6) is 0 Å². The van der Waals surface area contributed by atoms with Gasteiger partial charge in [0.1, 0.15) is 11.0 Å². The molecular formula is C6H7ClFN. The normalized spacial score (nSPS) is 12.6. The fourth-order valence-electron chi connectivity index (χ4n) is 0.206. The largest absolute Gasteiger partial charge is 0.242 e. The molecule has 9 heavy (non-hydrogen) atoms. The number of aliphatic imine (C=N–C) groups is 1. The predicted molar refractivity (Wildman–Crippen MR) is 38.4 cm³/mol. The molecule has 0 atom stereocenters. The van der Waals surface area contributed by atoms with Crippen LogP contribution in [0, 0.1) is 0 Å². The van der Waals surface area contributed by atoms with E-state index in [0.717, 1.165) is 6.21 Å². The maximum Gasteiger partial charge on any atom is 0.134 e.